The summed E-state index contributed by atoms with van der Waals surface area (Å²) in [5.41, 5.74) is 4.31. The Labute approximate surface area is 210 Å². The molecule has 0 bridgehead atoms. The smallest absolute Gasteiger partial charge is 0.0948 e. The average Bonchev–Trinajstić information content (AvgIpc) is 2.90. The minimum absolute atomic E-state index is 0.207. The van der Waals surface area contributed by atoms with Gasteiger partial charge in [-0.25, -0.2) is 0 Å². The van der Waals surface area contributed by atoms with Gasteiger partial charge in [0.25, 0.3) is 0 Å². The Morgan fingerprint density at radius 1 is 0.657 bits per heavy atom. The van der Waals surface area contributed by atoms with Crippen molar-refractivity contribution >= 4 is 5.69 Å². The summed E-state index contributed by atoms with van der Waals surface area (Å²) >= 11 is 0. The zero-order chi connectivity index (χ0) is 24.5. The minimum Gasteiger partial charge on any atom is -0.393 e. The summed E-state index contributed by atoms with van der Waals surface area (Å²) in [7, 11) is 0. The number of aliphatic hydroxyl groups excluding tert-OH is 1. The van der Waals surface area contributed by atoms with E-state index >= 15 is 0 Å². The number of nitrogens with zero attached hydrogens (tertiary/aromatic N) is 1. The Hall–Kier alpha value is -3.40. The predicted octanol–water partition coefficient (Wildman–Crippen LogP) is 6.23. The van der Waals surface area contributed by atoms with Crippen molar-refractivity contribution < 1.29 is 5.11 Å². The van der Waals surface area contributed by atoms with Gasteiger partial charge >= 0.3 is 0 Å². The van der Waals surface area contributed by atoms with E-state index in [4.69, 9.17) is 0 Å². The maximum absolute atomic E-state index is 10.1. The molecule has 0 fully saturated rings. The highest BCUT2D eigenvalue weighted by Crippen LogP contribution is 2.36. The van der Waals surface area contributed by atoms with Gasteiger partial charge in [-0.15, -0.1) is 0 Å². The maximum atomic E-state index is 10.1. The molecule has 2 N–H and O–H groups in total. The zero-order valence-corrected chi connectivity index (χ0v) is 20.7. The third-order valence-corrected chi connectivity index (χ3v) is 6.67. The molecule has 0 spiro atoms. The van der Waals surface area contributed by atoms with Gasteiger partial charge in [-0.3, -0.25) is 5.32 Å². The fraction of sp³-hybridized carbons (Fsp3) is 0.250. The number of hydrogen-bond acceptors (Lipinski definition) is 3. The van der Waals surface area contributed by atoms with Gasteiger partial charge in [0.1, 0.15) is 0 Å². The van der Waals surface area contributed by atoms with Crippen molar-refractivity contribution in [3.8, 4) is 0 Å². The third kappa shape index (κ3) is 5.82. The summed E-state index contributed by atoms with van der Waals surface area (Å²) in [4.78, 5) is 2.39. The summed E-state index contributed by atoms with van der Waals surface area (Å²) in [6, 6.07) is 42.8. The molecule has 0 radical (unpaired) electrons. The molecule has 0 heterocycles. The van der Waals surface area contributed by atoms with Crippen molar-refractivity contribution in [2.24, 2.45) is 0 Å². The van der Waals surface area contributed by atoms with E-state index in [0.717, 1.165) is 19.5 Å². The fourth-order valence-electron chi connectivity index (χ4n) is 5.08. The number of nitrogens with one attached hydrogen (secondary N) is 1. The highest BCUT2D eigenvalue weighted by atomic mass is 16.3. The molecular weight excluding hydrogens is 428 g/mol. The summed E-state index contributed by atoms with van der Waals surface area (Å²) in [5, 5.41) is 14.1. The largest absolute Gasteiger partial charge is 0.393 e. The third-order valence-electron chi connectivity index (χ3n) is 6.67. The van der Waals surface area contributed by atoms with Gasteiger partial charge in [0, 0.05) is 24.8 Å². The molecule has 0 aliphatic rings. The van der Waals surface area contributed by atoms with Crippen molar-refractivity contribution in [1.29, 1.82) is 0 Å². The Kier molecular flexibility index (Phi) is 8.36. The van der Waals surface area contributed by atoms with Crippen LogP contribution in [-0.2, 0) is 5.54 Å². The van der Waals surface area contributed by atoms with E-state index in [0.29, 0.717) is 0 Å². The monoisotopic (exact) mass is 464 g/mol. The van der Waals surface area contributed by atoms with Crippen LogP contribution >= 0.6 is 0 Å². The summed E-state index contributed by atoms with van der Waals surface area (Å²) in [6.45, 7) is 5.63. The second-order valence-electron chi connectivity index (χ2n) is 9.24. The van der Waals surface area contributed by atoms with E-state index in [1.807, 2.05) is 13.0 Å². The number of para-hydroxylation sites is 1. The second-order valence-corrected chi connectivity index (χ2v) is 9.24. The van der Waals surface area contributed by atoms with Gasteiger partial charge < -0.3 is 10.0 Å². The molecule has 2 unspecified atom stereocenters. The summed E-state index contributed by atoms with van der Waals surface area (Å²) in [6.07, 6.45) is 0.372. The van der Waals surface area contributed by atoms with Crippen LogP contribution in [0.4, 0.5) is 5.69 Å². The number of rotatable bonds is 11. The molecule has 3 heteroatoms. The van der Waals surface area contributed by atoms with Crippen molar-refractivity contribution in [1.82, 2.24) is 5.32 Å². The molecule has 4 aromatic carbocycles. The van der Waals surface area contributed by atoms with E-state index < -0.39 is 5.54 Å². The quantitative estimate of drug-likeness (QED) is 0.258. The van der Waals surface area contributed by atoms with Crippen molar-refractivity contribution in [2.75, 3.05) is 18.0 Å². The number of benzene rings is 4. The van der Waals surface area contributed by atoms with Crippen molar-refractivity contribution in [2.45, 2.75) is 38.0 Å². The SMILES string of the molecule is CC(O)CC(C)N(CCNC(c1ccccc1)(c1ccccc1)c1ccccc1)c1ccccc1. The molecule has 4 aromatic rings. The highest BCUT2D eigenvalue weighted by molar-refractivity contribution is 5.50. The lowest BCUT2D eigenvalue weighted by atomic mass is 9.77. The minimum atomic E-state index is -0.486. The molecule has 35 heavy (non-hydrogen) atoms. The maximum Gasteiger partial charge on any atom is 0.0948 e. The molecule has 0 saturated carbocycles. The Bertz CT molecular complexity index is 1030. The lowest BCUT2D eigenvalue weighted by Crippen LogP contribution is -2.49. The topological polar surface area (TPSA) is 35.5 Å². The van der Waals surface area contributed by atoms with E-state index in [1.165, 1.54) is 22.4 Å². The normalized spacial score (nSPS) is 13.2. The van der Waals surface area contributed by atoms with Crippen LogP contribution < -0.4 is 10.2 Å². The van der Waals surface area contributed by atoms with Crippen molar-refractivity contribution in [3.63, 3.8) is 0 Å². The number of anilines is 1. The van der Waals surface area contributed by atoms with Crippen LogP contribution in [0.5, 0.6) is 0 Å². The molecule has 180 valence electrons. The van der Waals surface area contributed by atoms with Crippen LogP contribution in [-0.4, -0.2) is 30.3 Å². The van der Waals surface area contributed by atoms with Crippen LogP contribution in [0.3, 0.4) is 0 Å². The van der Waals surface area contributed by atoms with Gasteiger partial charge in [-0.05, 0) is 49.1 Å². The average molecular weight is 465 g/mol. The van der Waals surface area contributed by atoms with E-state index in [1.54, 1.807) is 0 Å². The molecular formula is C32H36N2O. The molecule has 4 rings (SSSR count). The molecule has 0 aliphatic carbocycles. The van der Waals surface area contributed by atoms with Gasteiger partial charge in [0.2, 0.25) is 0 Å². The van der Waals surface area contributed by atoms with Gasteiger partial charge in [0.05, 0.1) is 11.6 Å². The lowest BCUT2D eigenvalue weighted by molar-refractivity contribution is 0.175. The van der Waals surface area contributed by atoms with Crippen LogP contribution in [0.2, 0.25) is 0 Å². The predicted molar refractivity (Wildman–Crippen MR) is 147 cm³/mol. The Morgan fingerprint density at radius 2 is 1.06 bits per heavy atom. The first-order valence-electron chi connectivity index (χ1n) is 12.5. The van der Waals surface area contributed by atoms with E-state index in [9.17, 15) is 5.11 Å². The molecule has 0 amide bonds. The van der Waals surface area contributed by atoms with Crippen LogP contribution in [0, 0.1) is 0 Å². The number of hydrogen-bond donors (Lipinski definition) is 2. The van der Waals surface area contributed by atoms with E-state index in [2.05, 4.69) is 132 Å². The standard InChI is InChI=1S/C32H36N2O/c1-26(25-27(2)35)34(31-21-13-6-14-22-31)24-23-33-32(28-15-7-3-8-16-28,29-17-9-4-10-18-29)30-19-11-5-12-20-30/h3-22,26-27,33,35H,23-25H2,1-2H3. The van der Waals surface area contributed by atoms with Crippen LogP contribution in [0.25, 0.3) is 0 Å². The summed E-state index contributed by atoms with van der Waals surface area (Å²) < 4.78 is 0. The highest BCUT2D eigenvalue weighted by Gasteiger charge is 2.35. The molecule has 0 aromatic heterocycles. The first-order chi connectivity index (χ1) is 17.1. The van der Waals surface area contributed by atoms with Crippen molar-refractivity contribution in [3.05, 3.63) is 138 Å². The fourth-order valence-corrected chi connectivity index (χ4v) is 5.08. The Morgan fingerprint density at radius 3 is 1.46 bits per heavy atom. The van der Waals surface area contributed by atoms with Crippen LogP contribution in [0.1, 0.15) is 37.0 Å². The molecule has 2 atom stereocenters. The van der Waals surface area contributed by atoms with Gasteiger partial charge in [0.15, 0.2) is 0 Å². The summed E-state index contributed by atoms with van der Waals surface area (Å²) in [5.74, 6) is 0. The molecule has 0 aliphatic heterocycles. The first-order valence-corrected chi connectivity index (χ1v) is 12.5. The first kappa shape index (κ1) is 24.7. The number of aliphatic hydroxyl groups is 1. The van der Waals surface area contributed by atoms with E-state index in [-0.39, 0.29) is 12.1 Å². The van der Waals surface area contributed by atoms with Gasteiger partial charge in [-0.1, -0.05) is 109 Å². The molecule has 3 nitrogen and oxygen atoms in total. The van der Waals surface area contributed by atoms with Gasteiger partial charge in [-0.2, -0.15) is 0 Å². The molecule has 0 saturated heterocycles. The van der Waals surface area contributed by atoms with Crippen LogP contribution in [0.15, 0.2) is 121 Å². The Balaban J connectivity index is 1.71. The zero-order valence-electron chi connectivity index (χ0n) is 20.7. The lowest BCUT2D eigenvalue weighted by Gasteiger charge is -2.39. The second kappa shape index (κ2) is 11.8.